The summed E-state index contributed by atoms with van der Waals surface area (Å²) in [5.41, 5.74) is 3.86. The van der Waals surface area contributed by atoms with Crippen molar-refractivity contribution in [2.24, 2.45) is 0 Å². The van der Waals surface area contributed by atoms with Crippen molar-refractivity contribution in [1.29, 1.82) is 5.26 Å². The average Bonchev–Trinajstić information content (AvgIpc) is 3.44. The summed E-state index contributed by atoms with van der Waals surface area (Å²) >= 11 is 2.73. The summed E-state index contributed by atoms with van der Waals surface area (Å²) in [6.07, 6.45) is 0. The van der Waals surface area contributed by atoms with Crippen molar-refractivity contribution >= 4 is 46.3 Å². The van der Waals surface area contributed by atoms with Gasteiger partial charge in [-0.05, 0) is 68.1 Å². The summed E-state index contributed by atoms with van der Waals surface area (Å²) in [6.45, 7) is 6.24. The number of allylic oxidation sites excluding steroid dienone is 2. The molecule has 0 aliphatic carbocycles. The standard InChI is InChI=1S/C29H28N4O3S2/c1-4-36-21-13-11-20(12-14-21)32-25(34)17-38-29-22(16-30)27(24-10-7-15-37-24)26(19(3)31-29)28(35)33-23-9-6-5-8-18(23)2/h5-15,27,31H,4,17H2,1-3H3,(H,32,34)(H,33,35). The van der Waals surface area contributed by atoms with Crippen LogP contribution in [0.5, 0.6) is 5.75 Å². The van der Waals surface area contributed by atoms with E-state index in [1.807, 2.05) is 62.5 Å². The van der Waals surface area contributed by atoms with Gasteiger partial charge in [0.05, 0.1) is 34.9 Å². The number of anilines is 2. The van der Waals surface area contributed by atoms with Crippen molar-refractivity contribution in [1.82, 2.24) is 5.32 Å². The summed E-state index contributed by atoms with van der Waals surface area (Å²) in [7, 11) is 0. The maximum atomic E-state index is 13.5. The summed E-state index contributed by atoms with van der Waals surface area (Å²) in [4.78, 5) is 27.1. The molecule has 4 rings (SSSR count). The van der Waals surface area contributed by atoms with Crippen LogP contribution in [-0.2, 0) is 9.59 Å². The molecule has 1 unspecified atom stereocenters. The molecule has 2 heterocycles. The van der Waals surface area contributed by atoms with Gasteiger partial charge < -0.3 is 20.7 Å². The van der Waals surface area contributed by atoms with Crippen LogP contribution in [0.4, 0.5) is 11.4 Å². The number of amides is 2. The molecule has 2 amide bonds. The Balaban J connectivity index is 1.54. The summed E-state index contributed by atoms with van der Waals surface area (Å²) in [5, 5.41) is 21.8. The Morgan fingerprint density at radius 2 is 1.84 bits per heavy atom. The zero-order valence-corrected chi connectivity index (χ0v) is 23.0. The molecular formula is C29H28N4O3S2. The van der Waals surface area contributed by atoms with E-state index in [0.29, 0.717) is 34.2 Å². The first-order valence-electron chi connectivity index (χ1n) is 12.1. The minimum Gasteiger partial charge on any atom is -0.494 e. The molecule has 0 fully saturated rings. The van der Waals surface area contributed by atoms with Crippen LogP contribution in [0.15, 0.2) is 87.9 Å². The molecule has 3 N–H and O–H groups in total. The Morgan fingerprint density at radius 3 is 2.50 bits per heavy atom. The number of aryl methyl sites for hydroxylation is 1. The van der Waals surface area contributed by atoms with Gasteiger partial charge >= 0.3 is 0 Å². The molecular weight excluding hydrogens is 516 g/mol. The lowest BCUT2D eigenvalue weighted by molar-refractivity contribution is -0.114. The first kappa shape index (κ1) is 27.0. The third-order valence-electron chi connectivity index (χ3n) is 5.91. The van der Waals surface area contributed by atoms with Gasteiger partial charge in [-0.2, -0.15) is 5.26 Å². The molecule has 194 valence electrons. The van der Waals surface area contributed by atoms with Crippen LogP contribution in [0.2, 0.25) is 0 Å². The first-order valence-corrected chi connectivity index (χ1v) is 14.0. The fourth-order valence-corrected chi connectivity index (χ4v) is 5.84. The Labute approximate surface area is 230 Å². The number of thiophene rings is 1. The van der Waals surface area contributed by atoms with Crippen molar-refractivity contribution in [3.8, 4) is 11.8 Å². The monoisotopic (exact) mass is 544 g/mol. The van der Waals surface area contributed by atoms with Crippen LogP contribution in [-0.4, -0.2) is 24.2 Å². The summed E-state index contributed by atoms with van der Waals surface area (Å²) in [6, 6.07) is 20.9. The fraction of sp³-hybridized carbons (Fsp3) is 0.207. The predicted molar refractivity (Wildman–Crippen MR) is 154 cm³/mol. The summed E-state index contributed by atoms with van der Waals surface area (Å²) < 4.78 is 5.44. The minimum atomic E-state index is -0.540. The lowest BCUT2D eigenvalue weighted by Crippen LogP contribution is -2.31. The van der Waals surface area contributed by atoms with Gasteiger partial charge in [-0.25, -0.2) is 0 Å². The second kappa shape index (κ2) is 12.5. The van der Waals surface area contributed by atoms with Gasteiger partial charge in [-0.3, -0.25) is 9.59 Å². The summed E-state index contributed by atoms with van der Waals surface area (Å²) in [5.74, 6) is -0.187. The van der Waals surface area contributed by atoms with E-state index < -0.39 is 5.92 Å². The molecule has 0 saturated carbocycles. The maximum Gasteiger partial charge on any atom is 0.254 e. The van der Waals surface area contributed by atoms with Crippen molar-refractivity contribution < 1.29 is 14.3 Å². The largest absolute Gasteiger partial charge is 0.494 e. The molecule has 7 nitrogen and oxygen atoms in total. The van der Waals surface area contributed by atoms with E-state index in [1.165, 1.54) is 23.1 Å². The van der Waals surface area contributed by atoms with Gasteiger partial charge in [0.15, 0.2) is 0 Å². The molecule has 2 aromatic carbocycles. The number of para-hydroxylation sites is 1. The molecule has 1 aliphatic rings. The van der Waals surface area contributed by atoms with Crippen molar-refractivity contribution in [3.05, 3.63) is 98.4 Å². The van der Waals surface area contributed by atoms with Crippen LogP contribution in [0.25, 0.3) is 0 Å². The van der Waals surface area contributed by atoms with Crippen LogP contribution >= 0.6 is 23.1 Å². The smallest absolute Gasteiger partial charge is 0.254 e. The van der Waals surface area contributed by atoms with Gasteiger partial charge in [-0.15, -0.1) is 11.3 Å². The minimum absolute atomic E-state index is 0.0932. The van der Waals surface area contributed by atoms with Crippen LogP contribution in [0.3, 0.4) is 0 Å². The Morgan fingerprint density at radius 1 is 1.08 bits per heavy atom. The zero-order chi connectivity index (χ0) is 27.1. The molecule has 38 heavy (non-hydrogen) atoms. The van der Waals surface area contributed by atoms with E-state index in [1.54, 1.807) is 24.3 Å². The number of carbonyl (C=O) groups excluding carboxylic acids is 2. The van der Waals surface area contributed by atoms with E-state index >= 15 is 0 Å². The second-order valence-electron chi connectivity index (χ2n) is 8.53. The van der Waals surface area contributed by atoms with E-state index in [9.17, 15) is 14.9 Å². The van der Waals surface area contributed by atoms with Gasteiger partial charge in [0.2, 0.25) is 5.91 Å². The van der Waals surface area contributed by atoms with Gasteiger partial charge in [0.25, 0.3) is 5.91 Å². The van der Waals surface area contributed by atoms with Crippen molar-refractivity contribution in [3.63, 3.8) is 0 Å². The highest BCUT2D eigenvalue weighted by molar-refractivity contribution is 8.03. The molecule has 0 spiro atoms. The van der Waals surface area contributed by atoms with Crippen LogP contribution < -0.4 is 20.7 Å². The highest BCUT2D eigenvalue weighted by atomic mass is 32.2. The molecule has 3 aromatic rings. The molecule has 1 aliphatic heterocycles. The predicted octanol–water partition coefficient (Wildman–Crippen LogP) is 6.16. The lowest BCUT2D eigenvalue weighted by atomic mass is 9.86. The zero-order valence-electron chi connectivity index (χ0n) is 21.3. The topological polar surface area (TPSA) is 103 Å². The molecule has 1 atom stereocenters. The number of nitrogens with zero attached hydrogens (tertiary/aromatic N) is 1. The molecule has 0 radical (unpaired) electrons. The number of thioether (sulfide) groups is 1. The normalized spacial score (nSPS) is 14.9. The van der Waals surface area contributed by atoms with Gasteiger partial charge in [0, 0.05) is 27.5 Å². The van der Waals surface area contributed by atoms with Gasteiger partial charge in [-0.1, -0.05) is 36.0 Å². The number of nitrogens with one attached hydrogen (secondary N) is 3. The SMILES string of the molecule is CCOc1ccc(NC(=O)CSC2=C(C#N)C(c3cccs3)C(C(=O)Nc3ccccc3C)=C(C)N2)cc1. The maximum absolute atomic E-state index is 13.5. The molecule has 0 saturated heterocycles. The van der Waals surface area contributed by atoms with Gasteiger partial charge in [0.1, 0.15) is 5.75 Å². The van der Waals surface area contributed by atoms with Crippen LogP contribution in [0.1, 0.15) is 30.2 Å². The average molecular weight is 545 g/mol. The number of hydrogen-bond donors (Lipinski definition) is 3. The van der Waals surface area contributed by atoms with Crippen molar-refractivity contribution in [2.45, 2.75) is 26.7 Å². The molecule has 0 bridgehead atoms. The molecule has 1 aromatic heterocycles. The lowest BCUT2D eigenvalue weighted by Gasteiger charge is -2.29. The van der Waals surface area contributed by atoms with Crippen LogP contribution in [0, 0.1) is 18.3 Å². The third-order valence-corrected chi connectivity index (χ3v) is 7.86. The van der Waals surface area contributed by atoms with E-state index in [0.717, 1.165) is 21.9 Å². The second-order valence-corrected chi connectivity index (χ2v) is 10.5. The Kier molecular flexibility index (Phi) is 8.89. The van der Waals surface area contributed by atoms with E-state index in [4.69, 9.17) is 4.74 Å². The fourth-order valence-electron chi connectivity index (χ4n) is 4.11. The highest BCUT2D eigenvalue weighted by Crippen LogP contribution is 2.42. The van der Waals surface area contributed by atoms with E-state index in [-0.39, 0.29) is 17.6 Å². The number of rotatable bonds is 9. The number of dihydropyridines is 1. The number of benzene rings is 2. The number of ether oxygens (including phenoxy) is 1. The first-order chi connectivity index (χ1) is 18.4. The molecule has 9 heteroatoms. The Hall–Kier alpha value is -4.00. The number of hydrogen-bond acceptors (Lipinski definition) is 7. The Bertz CT molecular complexity index is 1420. The van der Waals surface area contributed by atoms with E-state index in [2.05, 4.69) is 22.0 Å². The quantitative estimate of drug-likeness (QED) is 0.298. The van der Waals surface area contributed by atoms with Crippen molar-refractivity contribution in [2.75, 3.05) is 23.0 Å². The highest BCUT2D eigenvalue weighted by Gasteiger charge is 2.35. The number of carbonyl (C=O) groups is 2. The third kappa shape index (κ3) is 6.28. The number of nitriles is 1.